The van der Waals surface area contributed by atoms with Crippen LogP contribution in [-0.4, -0.2) is 29.5 Å². The number of nitrogens with two attached hydrogens (primary N) is 1. The van der Waals surface area contributed by atoms with Gasteiger partial charge in [0, 0.05) is 12.6 Å². The first-order valence-electron chi connectivity index (χ1n) is 5.23. The molecule has 0 aliphatic rings. The maximum Gasteiger partial charge on any atom is 0.233 e. The van der Waals surface area contributed by atoms with E-state index >= 15 is 0 Å². The number of thioether (sulfide) groups is 1. The van der Waals surface area contributed by atoms with Crippen molar-refractivity contribution in [1.82, 2.24) is 5.32 Å². The van der Waals surface area contributed by atoms with Crippen molar-refractivity contribution in [3.63, 3.8) is 0 Å². The van der Waals surface area contributed by atoms with E-state index in [-0.39, 0.29) is 17.2 Å². The molecule has 0 fully saturated rings. The van der Waals surface area contributed by atoms with E-state index in [9.17, 15) is 4.79 Å². The van der Waals surface area contributed by atoms with Crippen LogP contribution in [0.25, 0.3) is 0 Å². The van der Waals surface area contributed by atoms with Crippen molar-refractivity contribution >= 4 is 17.7 Å². The van der Waals surface area contributed by atoms with Crippen molar-refractivity contribution in [3.8, 4) is 0 Å². The van der Waals surface area contributed by atoms with E-state index in [4.69, 9.17) is 5.73 Å². The van der Waals surface area contributed by atoms with Gasteiger partial charge in [0.2, 0.25) is 5.91 Å². The Morgan fingerprint density at radius 1 is 1.50 bits per heavy atom. The molecule has 1 amide bonds. The van der Waals surface area contributed by atoms with Gasteiger partial charge in [-0.25, -0.2) is 0 Å². The lowest BCUT2D eigenvalue weighted by Crippen LogP contribution is -2.41. The van der Waals surface area contributed by atoms with Gasteiger partial charge in [-0.3, -0.25) is 4.79 Å². The second-order valence-corrected chi connectivity index (χ2v) is 4.96. The van der Waals surface area contributed by atoms with E-state index in [1.54, 1.807) is 11.8 Å². The van der Waals surface area contributed by atoms with Crippen molar-refractivity contribution < 1.29 is 4.79 Å². The Labute approximate surface area is 91.2 Å². The number of nitrogens with one attached hydrogen (secondary N) is 1. The summed E-state index contributed by atoms with van der Waals surface area (Å²) in [4.78, 5) is 11.5. The highest BCUT2D eigenvalue weighted by Gasteiger charge is 2.14. The molecule has 0 rings (SSSR count). The van der Waals surface area contributed by atoms with Gasteiger partial charge >= 0.3 is 0 Å². The average molecular weight is 218 g/mol. The van der Waals surface area contributed by atoms with Crippen LogP contribution in [0.2, 0.25) is 0 Å². The summed E-state index contributed by atoms with van der Waals surface area (Å²) in [5, 5.41) is 2.91. The smallest absolute Gasteiger partial charge is 0.233 e. The van der Waals surface area contributed by atoms with Crippen LogP contribution < -0.4 is 11.1 Å². The molecule has 0 saturated carbocycles. The number of carbonyl (C=O) groups excluding carboxylic acids is 1. The number of rotatable bonds is 7. The van der Waals surface area contributed by atoms with E-state index in [1.165, 1.54) is 12.8 Å². The van der Waals surface area contributed by atoms with E-state index in [0.717, 1.165) is 5.75 Å². The van der Waals surface area contributed by atoms with E-state index in [0.29, 0.717) is 6.54 Å². The largest absolute Gasteiger partial charge is 0.351 e. The third-order valence-corrected chi connectivity index (χ3v) is 3.22. The summed E-state index contributed by atoms with van der Waals surface area (Å²) < 4.78 is 0. The summed E-state index contributed by atoms with van der Waals surface area (Å²) in [6.45, 7) is 6.51. The number of hydrogen-bond acceptors (Lipinski definition) is 3. The number of unbranched alkanes of at least 4 members (excludes halogenated alkanes) is 1. The van der Waals surface area contributed by atoms with Gasteiger partial charge in [0.05, 0.1) is 5.25 Å². The Hall–Kier alpha value is -0.220. The zero-order valence-electron chi connectivity index (χ0n) is 9.38. The monoisotopic (exact) mass is 218 g/mol. The van der Waals surface area contributed by atoms with Crippen LogP contribution >= 0.6 is 11.8 Å². The molecule has 4 heteroatoms. The minimum absolute atomic E-state index is 0.0375. The first-order valence-corrected chi connectivity index (χ1v) is 6.28. The number of hydrogen-bond donors (Lipinski definition) is 2. The van der Waals surface area contributed by atoms with Crippen molar-refractivity contribution in [2.24, 2.45) is 5.73 Å². The molecule has 84 valence electrons. The minimum atomic E-state index is 0.0375. The SMILES string of the molecule is CCCCSC(C)C(=O)N[C@@H](C)CN. The summed E-state index contributed by atoms with van der Waals surface area (Å²) in [7, 11) is 0. The lowest BCUT2D eigenvalue weighted by Gasteiger charge is -2.15. The highest BCUT2D eigenvalue weighted by atomic mass is 32.2. The van der Waals surface area contributed by atoms with Gasteiger partial charge in [-0.2, -0.15) is 0 Å². The lowest BCUT2D eigenvalue weighted by atomic mass is 10.3. The first-order chi connectivity index (χ1) is 6.61. The molecule has 0 aromatic heterocycles. The summed E-state index contributed by atoms with van der Waals surface area (Å²) in [6, 6.07) is 0.0803. The Balaban J connectivity index is 3.64. The fraction of sp³-hybridized carbons (Fsp3) is 0.900. The predicted molar refractivity (Wildman–Crippen MR) is 63.5 cm³/mol. The lowest BCUT2D eigenvalue weighted by molar-refractivity contribution is -0.120. The van der Waals surface area contributed by atoms with Gasteiger partial charge < -0.3 is 11.1 Å². The van der Waals surface area contributed by atoms with Crippen LogP contribution in [0, 0.1) is 0 Å². The standard InChI is InChI=1S/C10H22N2OS/c1-4-5-6-14-9(3)10(13)12-8(2)7-11/h8-9H,4-7,11H2,1-3H3,(H,12,13)/t8-,9?/m0/s1. The average Bonchev–Trinajstić information content (AvgIpc) is 2.17. The van der Waals surface area contributed by atoms with Gasteiger partial charge in [0.1, 0.15) is 0 Å². The number of amides is 1. The summed E-state index contributed by atoms with van der Waals surface area (Å²) in [6.07, 6.45) is 2.36. The van der Waals surface area contributed by atoms with Crippen LogP contribution in [0.1, 0.15) is 33.6 Å². The van der Waals surface area contributed by atoms with Crippen molar-refractivity contribution in [1.29, 1.82) is 0 Å². The van der Waals surface area contributed by atoms with Crippen molar-refractivity contribution in [2.75, 3.05) is 12.3 Å². The van der Waals surface area contributed by atoms with Crippen LogP contribution in [0.5, 0.6) is 0 Å². The molecule has 0 aliphatic heterocycles. The predicted octanol–water partition coefficient (Wildman–Crippen LogP) is 1.37. The molecule has 0 spiro atoms. The van der Waals surface area contributed by atoms with Gasteiger partial charge in [-0.05, 0) is 26.0 Å². The topological polar surface area (TPSA) is 55.1 Å². The highest BCUT2D eigenvalue weighted by molar-refractivity contribution is 8.00. The van der Waals surface area contributed by atoms with E-state index in [2.05, 4.69) is 12.2 Å². The molecule has 2 atom stereocenters. The van der Waals surface area contributed by atoms with Gasteiger partial charge in [0.25, 0.3) is 0 Å². The van der Waals surface area contributed by atoms with Gasteiger partial charge in [0.15, 0.2) is 0 Å². The Morgan fingerprint density at radius 2 is 2.14 bits per heavy atom. The van der Waals surface area contributed by atoms with E-state index < -0.39 is 0 Å². The molecular formula is C10H22N2OS. The summed E-state index contributed by atoms with van der Waals surface area (Å²) >= 11 is 1.71. The van der Waals surface area contributed by atoms with E-state index in [1.807, 2.05) is 13.8 Å². The zero-order valence-corrected chi connectivity index (χ0v) is 10.2. The summed E-state index contributed by atoms with van der Waals surface area (Å²) in [5.41, 5.74) is 5.42. The normalized spacial score (nSPS) is 14.9. The minimum Gasteiger partial charge on any atom is -0.351 e. The molecule has 3 nitrogen and oxygen atoms in total. The molecule has 0 aliphatic carbocycles. The Kier molecular flexibility index (Phi) is 7.99. The molecule has 0 aromatic rings. The molecule has 1 unspecified atom stereocenters. The Bertz CT molecular complexity index is 164. The maximum absolute atomic E-state index is 11.5. The second-order valence-electron chi connectivity index (χ2n) is 3.51. The summed E-state index contributed by atoms with van der Waals surface area (Å²) in [5.74, 6) is 1.16. The quantitative estimate of drug-likeness (QED) is 0.635. The van der Waals surface area contributed by atoms with Crippen molar-refractivity contribution in [3.05, 3.63) is 0 Å². The highest BCUT2D eigenvalue weighted by Crippen LogP contribution is 2.12. The first kappa shape index (κ1) is 13.8. The molecule has 0 heterocycles. The number of carbonyl (C=O) groups is 1. The fourth-order valence-corrected chi connectivity index (χ4v) is 1.93. The van der Waals surface area contributed by atoms with Gasteiger partial charge in [-0.15, -0.1) is 11.8 Å². The second kappa shape index (κ2) is 8.12. The van der Waals surface area contributed by atoms with Gasteiger partial charge in [-0.1, -0.05) is 13.3 Å². The maximum atomic E-state index is 11.5. The molecule has 0 saturated heterocycles. The third kappa shape index (κ3) is 6.27. The zero-order chi connectivity index (χ0) is 11.0. The molecular weight excluding hydrogens is 196 g/mol. The van der Waals surface area contributed by atoms with Crippen LogP contribution in [0.4, 0.5) is 0 Å². The Morgan fingerprint density at radius 3 is 2.64 bits per heavy atom. The van der Waals surface area contributed by atoms with Crippen LogP contribution in [-0.2, 0) is 4.79 Å². The fourth-order valence-electron chi connectivity index (χ4n) is 0.899. The molecule has 14 heavy (non-hydrogen) atoms. The molecule has 3 N–H and O–H groups in total. The molecule has 0 radical (unpaired) electrons. The van der Waals surface area contributed by atoms with Crippen LogP contribution in [0.3, 0.4) is 0 Å². The van der Waals surface area contributed by atoms with Crippen molar-refractivity contribution in [2.45, 2.75) is 44.9 Å². The van der Waals surface area contributed by atoms with Crippen LogP contribution in [0.15, 0.2) is 0 Å². The molecule has 0 bridgehead atoms. The third-order valence-electron chi connectivity index (χ3n) is 1.98. The molecule has 0 aromatic carbocycles.